The maximum Gasteiger partial charge on any atom is 0.415 e. The second-order valence-corrected chi connectivity index (χ2v) is 15.1. The average molecular weight is 762 g/mol. The molecule has 0 aliphatic carbocycles. The molecule has 0 saturated carbocycles. The van der Waals surface area contributed by atoms with E-state index in [1.807, 2.05) is 72.0 Å². The van der Waals surface area contributed by atoms with Gasteiger partial charge in [-0.1, -0.05) is 48.4 Å². The molecule has 4 aromatic carbocycles. The highest BCUT2D eigenvalue weighted by atomic mass is 16.6. The quantitative estimate of drug-likeness (QED) is 0.172. The van der Waals surface area contributed by atoms with E-state index in [0.29, 0.717) is 55.2 Å². The Bertz CT molecular complexity index is 2360. The molecule has 10 nitrogen and oxygen atoms in total. The van der Waals surface area contributed by atoms with Gasteiger partial charge in [0.1, 0.15) is 5.75 Å². The van der Waals surface area contributed by atoms with E-state index in [-0.39, 0.29) is 24.4 Å². The predicted molar refractivity (Wildman–Crippen MR) is 220 cm³/mol. The van der Waals surface area contributed by atoms with Gasteiger partial charge in [0.25, 0.3) is 11.8 Å². The Kier molecular flexibility index (Phi) is 10.7. The van der Waals surface area contributed by atoms with Crippen LogP contribution in [0.2, 0.25) is 0 Å². The van der Waals surface area contributed by atoms with Crippen LogP contribution >= 0.6 is 0 Å². The summed E-state index contributed by atoms with van der Waals surface area (Å²) in [6.07, 6.45) is 6.36. The number of rotatable bonds is 7. The van der Waals surface area contributed by atoms with Gasteiger partial charge in [0.2, 0.25) is 0 Å². The minimum Gasteiger partial charge on any atom is -0.410 e. The van der Waals surface area contributed by atoms with Gasteiger partial charge in [0.15, 0.2) is 0 Å². The number of anilines is 1. The van der Waals surface area contributed by atoms with E-state index in [1.54, 1.807) is 41.1 Å². The maximum atomic E-state index is 15.4. The summed E-state index contributed by atoms with van der Waals surface area (Å²) in [6, 6.07) is 30.7. The molecule has 1 saturated heterocycles. The van der Waals surface area contributed by atoms with E-state index in [4.69, 9.17) is 15.9 Å². The first-order valence-corrected chi connectivity index (χ1v) is 19.6. The summed E-state index contributed by atoms with van der Waals surface area (Å²) in [4.78, 5) is 50.6. The van der Waals surface area contributed by atoms with Crippen molar-refractivity contribution in [2.24, 2.45) is 7.05 Å². The van der Waals surface area contributed by atoms with Crippen molar-refractivity contribution in [3.05, 3.63) is 142 Å². The Labute approximate surface area is 334 Å². The Hall–Kier alpha value is -6.15. The molecule has 10 heteroatoms. The molecule has 0 radical (unpaired) electrons. The summed E-state index contributed by atoms with van der Waals surface area (Å²) < 4.78 is 13.4. The van der Waals surface area contributed by atoms with E-state index in [2.05, 4.69) is 35.1 Å². The number of ether oxygens (including phenoxy) is 2. The lowest BCUT2D eigenvalue weighted by Crippen LogP contribution is -2.52. The van der Waals surface area contributed by atoms with Crippen LogP contribution in [-0.2, 0) is 37.7 Å². The molecule has 1 aromatic heterocycles. The zero-order valence-electron chi connectivity index (χ0n) is 32.7. The summed E-state index contributed by atoms with van der Waals surface area (Å²) in [7, 11) is 3.73. The number of benzene rings is 4. The van der Waals surface area contributed by atoms with E-state index in [9.17, 15) is 9.59 Å². The van der Waals surface area contributed by atoms with Crippen LogP contribution < -0.4 is 9.64 Å². The van der Waals surface area contributed by atoms with Crippen LogP contribution in [0.15, 0.2) is 97.1 Å². The van der Waals surface area contributed by atoms with Crippen LogP contribution in [0.4, 0.5) is 10.5 Å². The number of para-hydroxylation sites is 1. The fourth-order valence-corrected chi connectivity index (χ4v) is 8.29. The molecule has 0 spiro atoms. The van der Waals surface area contributed by atoms with Crippen molar-refractivity contribution >= 4 is 23.6 Å². The maximum absolute atomic E-state index is 15.4. The number of aromatic nitrogens is 1. The minimum atomic E-state index is -0.465. The van der Waals surface area contributed by atoms with Crippen molar-refractivity contribution in [3.63, 3.8) is 0 Å². The summed E-state index contributed by atoms with van der Waals surface area (Å²) in [5, 5.41) is 0. The van der Waals surface area contributed by atoms with Gasteiger partial charge >= 0.3 is 6.09 Å². The second-order valence-electron chi connectivity index (χ2n) is 15.1. The van der Waals surface area contributed by atoms with Crippen molar-refractivity contribution in [2.75, 3.05) is 51.3 Å². The highest BCUT2D eigenvalue weighted by Crippen LogP contribution is 2.36. The fourth-order valence-electron chi connectivity index (χ4n) is 8.29. The first kappa shape index (κ1) is 37.8. The molecule has 57 heavy (non-hydrogen) atoms. The summed E-state index contributed by atoms with van der Waals surface area (Å²) in [5.41, 5.74) is 9.28. The topological polar surface area (TPSA) is 87.6 Å². The molecule has 0 N–H and O–H groups in total. The van der Waals surface area contributed by atoms with Gasteiger partial charge in [0.05, 0.1) is 18.8 Å². The zero-order chi connectivity index (χ0) is 39.6. The smallest absolute Gasteiger partial charge is 0.410 e. The number of nitrogens with zero attached hydrogens (tertiary/aromatic N) is 5. The molecule has 0 bridgehead atoms. The third kappa shape index (κ3) is 7.69. The predicted octanol–water partition coefficient (Wildman–Crippen LogP) is 6.71. The highest BCUT2D eigenvalue weighted by molar-refractivity contribution is 6.08. The van der Waals surface area contributed by atoms with Crippen LogP contribution in [0.5, 0.6) is 5.75 Å². The molecule has 0 unspecified atom stereocenters. The van der Waals surface area contributed by atoms with E-state index < -0.39 is 6.09 Å². The third-order valence-electron chi connectivity index (χ3n) is 11.7. The first-order chi connectivity index (χ1) is 27.7. The number of terminal acetylenes is 1. The molecule has 3 aliphatic rings. The minimum absolute atomic E-state index is 0.0615. The van der Waals surface area contributed by atoms with Gasteiger partial charge < -0.3 is 28.7 Å². The largest absolute Gasteiger partial charge is 0.415 e. The molecular formula is C47H47N5O5. The van der Waals surface area contributed by atoms with Gasteiger partial charge in [-0.2, -0.15) is 0 Å². The van der Waals surface area contributed by atoms with Gasteiger partial charge in [-0.3, -0.25) is 14.5 Å². The molecule has 1 atom stereocenters. The Balaban J connectivity index is 1.18. The van der Waals surface area contributed by atoms with Gasteiger partial charge in [-0.15, -0.1) is 6.42 Å². The van der Waals surface area contributed by atoms with Crippen molar-refractivity contribution < 1.29 is 23.9 Å². The molecule has 8 rings (SSSR count). The van der Waals surface area contributed by atoms with Gasteiger partial charge in [0, 0.05) is 93.2 Å². The Morgan fingerprint density at radius 3 is 2.30 bits per heavy atom. The fraction of sp³-hybridized carbons (Fsp3) is 0.298. The zero-order valence-corrected chi connectivity index (χ0v) is 32.7. The SMILES string of the molecule is C#Cc1ccc(OC(=O)N2CCc3cc(-c4cc(C(=O)N(C)c5ccccc5)c(C)n4C)c(C(=O)N4Cc5ccccc5C[C@H]4CN4CCOCC4)cc3C2)cc1. The van der Waals surface area contributed by atoms with Gasteiger partial charge in [-0.05, 0) is 96.6 Å². The number of fused-ring (bicyclic) bond motifs is 2. The molecular weight excluding hydrogens is 715 g/mol. The van der Waals surface area contributed by atoms with E-state index in [1.165, 1.54) is 5.56 Å². The highest BCUT2D eigenvalue weighted by Gasteiger charge is 2.35. The van der Waals surface area contributed by atoms with Crippen molar-refractivity contribution in [1.82, 2.24) is 19.3 Å². The normalized spacial score (nSPS) is 16.6. The summed E-state index contributed by atoms with van der Waals surface area (Å²) in [6.45, 7) is 6.89. The van der Waals surface area contributed by atoms with E-state index >= 15 is 4.79 Å². The molecule has 4 heterocycles. The van der Waals surface area contributed by atoms with Gasteiger partial charge in [-0.25, -0.2) is 4.79 Å². The van der Waals surface area contributed by atoms with Crippen molar-refractivity contribution in [3.8, 4) is 29.4 Å². The number of hydrogen-bond donors (Lipinski definition) is 0. The number of amides is 3. The van der Waals surface area contributed by atoms with Crippen LogP contribution in [0.1, 0.15) is 54.2 Å². The number of morpholine rings is 1. The number of carbonyl (C=O) groups is 3. The summed E-state index contributed by atoms with van der Waals surface area (Å²) in [5.74, 6) is 2.78. The third-order valence-corrected chi connectivity index (χ3v) is 11.7. The molecule has 5 aromatic rings. The standard InChI is InChI=1S/C47H47N5O5/c1-5-33-15-17-40(18-16-33)57-47(55)51-20-19-35-26-42(44-28-41(32(2)48(44)3)45(53)49(4)38-13-7-6-8-14-38)43(27-37(35)29-51)46(54)52-30-36-12-10-9-11-34(36)25-39(52)31-50-21-23-56-24-22-50/h1,6-18,26-28,39H,19-25,29-31H2,2-4H3/t39-/m0/s1. The summed E-state index contributed by atoms with van der Waals surface area (Å²) >= 11 is 0. The van der Waals surface area contributed by atoms with E-state index in [0.717, 1.165) is 65.4 Å². The van der Waals surface area contributed by atoms with Crippen molar-refractivity contribution in [2.45, 2.75) is 38.9 Å². The van der Waals surface area contributed by atoms with Crippen LogP contribution in [-0.4, -0.2) is 89.7 Å². The average Bonchev–Trinajstić information content (AvgIpc) is 3.55. The van der Waals surface area contributed by atoms with Crippen LogP contribution in [0.25, 0.3) is 11.3 Å². The van der Waals surface area contributed by atoms with Crippen molar-refractivity contribution in [1.29, 1.82) is 0 Å². The van der Waals surface area contributed by atoms with Crippen LogP contribution in [0, 0.1) is 19.3 Å². The number of carbonyl (C=O) groups excluding carboxylic acids is 3. The lowest BCUT2D eigenvalue weighted by atomic mass is 9.89. The Morgan fingerprint density at radius 1 is 0.842 bits per heavy atom. The molecule has 1 fully saturated rings. The Morgan fingerprint density at radius 2 is 1.56 bits per heavy atom. The number of hydrogen-bond acceptors (Lipinski definition) is 6. The monoisotopic (exact) mass is 761 g/mol. The molecule has 3 amide bonds. The lowest BCUT2D eigenvalue weighted by molar-refractivity contribution is 0.0193. The lowest BCUT2D eigenvalue weighted by Gasteiger charge is -2.41. The molecule has 290 valence electrons. The second kappa shape index (κ2) is 16.1. The first-order valence-electron chi connectivity index (χ1n) is 19.6. The van der Waals surface area contributed by atoms with Crippen LogP contribution in [0.3, 0.4) is 0 Å². The molecule has 3 aliphatic heterocycles.